The minimum atomic E-state index is -4.35. The zero-order valence-electron chi connectivity index (χ0n) is 12.7. The molecule has 2 unspecified atom stereocenters. The normalized spacial score (nSPS) is 18.4. The van der Waals surface area contributed by atoms with Crippen LogP contribution in [0.4, 0.5) is 18.9 Å². The lowest BCUT2D eigenvalue weighted by Gasteiger charge is -2.30. The first kappa shape index (κ1) is 16.1. The van der Waals surface area contributed by atoms with Gasteiger partial charge in [0.25, 0.3) is 0 Å². The Labute approximate surface area is 124 Å². The van der Waals surface area contributed by atoms with Crippen LogP contribution in [0.2, 0.25) is 0 Å². The van der Waals surface area contributed by atoms with Gasteiger partial charge in [-0.1, -0.05) is 6.07 Å². The summed E-state index contributed by atoms with van der Waals surface area (Å²) in [6, 6.07) is 4.56. The molecular formula is C16H23F3N2. The lowest BCUT2D eigenvalue weighted by molar-refractivity contribution is -0.137. The van der Waals surface area contributed by atoms with E-state index in [9.17, 15) is 13.2 Å². The smallest absolute Gasteiger partial charge is 0.371 e. The number of rotatable bonds is 5. The molecule has 118 valence electrons. The molecule has 0 saturated heterocycles. The van der Waals surface area contributed by atoms with Crippen LogP contribution in [0.3, 0.4) is 0 Å². The Bertz CT molecular complexity index is 493. The van der Waals surface area contributed by atoms with E-state index >= 15 is 0 Å². The predicted octanol–water partition coefficient (Wildman–Crippen LogP) is 3.83. The van der Waals surface area contributed by atoms with Gasteiger partial charge in [-0.25, -0.2) is 0 Å². The molecule has 0 aromatic heterocycles. The van der Waals surface area contributed by atoms with Gasteiger partial charge in [-0.15, -0.1) is 0 Å². The minimum Gasteiger partial charge on any atom is -0.371 e. The summed E-state index contributed by atoms with van der Waals surface area (Å²) in [6.45, 7) is 3.79. The molecule has 1 fully saturated rings. The van der Waals surface area contributed by atoms with Crippen molar-refractivity contribution in [1.82, 2.24) is 0 Å². The fraction of sp³-hybridized carbons (Fsp3) is 0.625. The molecule has 0 heterocycles. The van der Waals surface area contributed by atoms with Crippen LogP contribution in [0.1, 0.15) is 37.8 Å². The van der Waals surface area contributed by atoms with Gasteiger partial charge in [-0.3, -0.25) is 0 Å². The third-order valence-electron chi connectivity index (χ3n) is 4.22. The lowest BCUT2D eigenvalue weighted by atomic mass is 10.0. The Morgan fingerprint density at radius 3 is 2.38 bits per heavy atom. The van der Waals surface area contributed by atoms with Gasteiger partial charge in [-0.2, -0.15) is 13.2 Å². The Hall–Kier alpha value is -1.23. The first-order valence-corrected chi connectivity index (χ1v) is 7.38. The molecule has 21 heavy (non-hydrogen) atoms. The second kappa shape index (κ2) is 5.87. The summed E-state index contributed by atoms with van der Waals surface area (Å²) in [4.78, 5) is 1.76. The van der Waals surface area contributed by atoms with Crippen LogP contribution in [0, 0.1) is 5.92 Å². The van der Waals surface area contributed by atoms with Crippen LogP contribution in [-0.4, -0.2) is 19.1 Å². The number of nitrogens with two attached hydrogens (primary N) is 1. The molecule has 1 saturated carbocycles. The van der Waals surface area contributed by atoms with Gasteiger partial charge in [0, 0.05) is 24.8 Å². The van der Waals surface area contributed by atoms with E-state index < -0.39 is 11.7 Å². The highest BCUT2D eigenvalue weighted by Gasteiger charge is 2.37. The van der Waals surface area contributed by atoms with Gasteiger partial charge >= 0.3 is 6.18 Å². The molecule has 1 aromatic carbocycles. The average Bonchev–Trinajstić information content (AvgIpc) is 3.19. The van der Waals surface area contributed by atoms with E-state index in [0.717, 1.165) is 12.8 Å². The van der Waals surface area contributed by atoms with Crippen molar-refractivity contribution in [3.63, 3.8) is 0 Å². The summed E-state index contributed by atoms with van der Waals surface area (Å²) >= 11 is 0. The predicted molar refractivity (Wildman–Crippen MR) is 79.4 cm³/mol. The monoisotopic (exact) mass is 300 g/mol. The third-order valence-corrected chi connectivity index (χ3v) is 4.22. The Morgan fingerprint density at radius 1 is 1.29 bits per heavy atom. The molecule has 5 heteroatoms. The number of hydrogen-bond donors (Lipinski definition) is 1. The van der Waals surface area contributed by atoms with E-state index in [1.54, 1.807) is 31.0 Å². The molecule has 1 aliphatic carbocycles. The van der Waals surface area contributed by atoms with Crippen molar-refractivity contribution in [3.8, 4) is 0 Å². The molecule has 0 amide bonds. The Kier molecular flexibility index (Phi) is 4.51. The summed E-state index contributed by atoms with van der Waals surface area (Å²) in [5.74, 6) is 0.514. The molecular weight excluding hydrogens is 277 g/mol. The van der Waals surface area contributed by atoms with Crippen molar-refractivity contribution in [3.05, 3.63) is 29.3 Å². The molecule has 0 bridgehead atoms. The van der Waals surface area contributed by atoms with Crippen molar-refractivity contribution in [1.29, 1.82) is 0 Å². The highest BCUT2D eigenvalue weighted by molar-refractivity contribution is 5.57. The number of nitrogens with zero attached hydrogens (tertiary/aromatic N) is 1. The number of anilines is 1. The molecule has 1 aromatic rings. The molecule has 0 aliphatic heterocycles. The van der Waals surface area contributed by atoms with E-state index in [1.165, 1.54) is 6.07 Å². The molecule has 2 N–H and O–H groups in total. The largest absolute Gasteiger partial charge is 0.418 e. The summed E-state index contributed by atoms with van der Waals surface area (Å²) in [5, 5.41) is 0. The van der Waals surface area contributed by atoms with Crippen molar-refractivity contribution in [2.75, 3.05) is 11.9 Å². The zero-order chi connectivity index (χ0) is 15.8. The Morgan fingerprint density at radius 2 is 1.90 bits per heavy atom. The third kappa shape index (κ3) is 3.90. The van der Waals surface area contributed by atoms with E-state index in [2.05, 4.69) is 0 Å². The van der Waals surface area contributed by atoms with Crippen LogP contribution in [-0.2, 0) is 12.6 Å². The van der Waals surface area contributed by atoms with Crippen LogP contribution in [0.15, 0.2) is 18.2 Å². The van der Waals surface area contributed by atoms with Gasteiger partial charge < -0.3 is 10.6 Å². The maximum atomic E-state index is 13.3. The van der Waals surface area contributed by atoms with E-state index in [0.29, 0.717) is 17.9 Å². The number of hydrogen-bond acceptors (Lipinski definition) is 2. The highest BCUT2D eigenvalue weighted by Crippen LogP contribution is 2.41. The van der Waals surface area contributed by atoms with E-state index in [4.69, 9.17) is 5.73 Å². The first-order chi connectivity index (χ1) is 9.70. The van der Waals surface area contributed by atoms with Crippen LogP contribution < -0.4 is 10.6 Å². The van der Waals surface area contributed by atoms with Crippen molar-refractivity contribution in [2.24, 2.45) is 11.7 Å². The SMILES string of the molecule is CC(N)Cc1ccc(N(C)C(C)C2CC2)c(C(F)(F)F)c1. The maximum Gasteiger partial charge on any atom is 0.418 e. The molecule has 2 nitrogen and oxygen atoms in total. The van der Waals surface area contributed by atoms with Crippen LogP contribution >= 0.6 is 0 Å². The topological polar surface area (TPSA) is 29.3 Å². The van der Waals surface area contributed by atoms with Gasteiger partial charge in [0.05, 0.1) is 5.56 Å². The lowest BCUT2D eigenvalue weighted by Crippen LogP contribution is -2.32. The maximum absolute atomic E-state index is 13.3. The first-order valence-electron chi connectivity index (χ1n) is 7.38. The quantitative estimate of drug-likeness (QED) is 0.895. The molecule has 2 atom stereocenters. The average molecular weight is 300 g/mol. The van der Waals surface area contributed by atoms with Gasteiger partial charge in [-0.05, 0) is 56.7 Å². The summed E-state index contributed by atoms with van der Waals surface area (Å²) < 4.78 is 40.0. The van der Waals surface area contributed by atoms with Crippen molar-refractivity contribution >= 4 is 5.69 Å². The molecule has 1 aliphatic rings. The second-order valence-corrected chi connectivity index (χ2v) is 6.22. The van der Waals surface area contributed by atoms with Crippen LogP contribution in [0.5, 0.6) is 0 Å². The van der Waals surface area contributed by atoms with E-state index in [1.807, 2.05) is 6.92 Å². The van der Waals surface area contributed by atoms with E-state index in [-0.39, 0.29) is 17.8 Å². The van der Waals surface area contributed by atoms with Gasteiger partial charge in [0.15, 0.2) is 0 Å². The minimum absolute atomic E-state index is 0.130. The van der Waals surface area contributed by atoms with Gasteiger partial charge in [0.1, 0.15) is 0 Å². The molecule has 0 spiro atoms. The van der Waals surface area contributed by atoms with Crippen molar-refractivity contribution < 1.29 is 13.2 Å². The summed E-state index contributed by atoms with van der Waals surface area (Å²) in [6.07, 6.45) is -1.68. The number of halogens is 3. The van der Waals surface area contributed by atoms with Gasteiger partial charge in [0.2, 0.25) is 0 Å². The van der Waals surface area contributed by atoms with Crippen LogP contribution in [0.25, 0.3) is 0 Å². The Balaban J connectivity index is 2.35. The molecule has 0 radical (unpaired) electrons. The summed E-state index contributed by atoms with van der Waals surface area (Å²) in [7, 11) is 1.75. The standard InChI is InChI=1S/C16H23F3N2/c1-10(20)8-12-4-7-15(14(9-12)16(17,18)19)21(3)11(2)13-5-6-13/h4,7,9-11,13H,5-6,8,20H2,1-3H3. The fourth-order valence-corrected chi connectivity index (χ4v) is 2.73. The zero-order valence-corrected chi connectivity index (χ0v) is 12.7. The second-order valence-electron chi connectivity index (χ2n) is 6.22. The fourth-order valence-electron chi connectivity index (χ4n) is 2.73. The summed E-state index contributed by atoms with van der Waals surface area (Å²) in [5.41, 5.74) is 6.02. The van der Waals surface area contributed by atoms with Crippen molar-refractivity contribution in [2.45, 2.75) is 51.4 Å². The molecule has 2 rings (SSSR count). The highest BCUT2D eigenvalue weighted by atomic mass is 19.4. The number of alkyl halides is 3. The number of benzene rings is 1.